The largest absolute Gasteiger partial charge is 0.399 e. The Bertz CT molecular complexity index is 451. The van der Waals surface area contributed by atoms with E-state index in [0.29, 0.717) is 0 Å². The lowest BCUT2D eigenvalue weighted by atomic mass is 9.99. The fraction of sp³-hybridized carbons (Fsp3) is 0.143. The number of nitrogens with two attached hydrogens (primary N) is 2. The van der Waals surface area contributed by atoms with E-state index in [0.717, 1.165) is 17.7 Å². The molecule has 0 heterocycles. The van der Waals surface area contributed by atoms with Crippen molar-refractivity contribution in [1.82, 2.24) is 0 Å². The molecule has 0 aliphatic heterocycles. The van der Waals surface area contributed by atoms with Gasteiger partial charge < -0.3 is 11.5 Å². The van der Waals surface area contributed by atoms with Gasteiger partial charge in [0.25, 0.3) is 0 Å². The molecule has 1 atom stereocenters. The summed E-state index contributed by atoms with van der Waals surface area (Å²) in [6.07, 6.45) is 0.815. The molecule has 16 heavy (non-hydrogen) atoms. The second-order valence-electron chi connectivity index (χ2n) is 3.97. The Morgan fingerprint density at radius 3 is 2.38 bits per heavy atom. The van der Waals surface area contributed by atoms with Gasteiger partial charge in [0.1, 0.15) is 0 Å². The average Bonchev–Trinajstić information content (AvgIpc) is 2.30. The standard InChI is InChI=1S/C14H16N2/c15-13-8-4-5-11(9-13)10-14(16)12-6-2-1-3-7-12/h1-9,14H,10,15-16H2. The third kappa shape index (κ3) is 2.61. The molecule has 4 N–H and O–H groups in total. The molecule has 2 heteroatoms. The van der Waals surface area contributed by atoms with Gasteiger partial charge in [0.2, 0.25) is 0 Å². The van der Waals surface area contributed by atoms with E-state index in [1.54, 1.807) is 0 Å². The van der Waals surface area contributed by atoms with Gasteiger partial charge in [-0.1, -0.05) is 42.5 Å². The molecular weight excluding hydrogens is 196 g/mol. The van der Waals surface area contributed by atoms with Gasteiger partial charge in [0.05, 0.1) is 0 Å². The minimum atomic E-state index is 0.0306. The maximum absolute atomic E-state index is 6.14. The van der Waals surface area contributed by atoms with E-state index in [2.05, 4.69) is 18.2 Å². The molecular formula is C14H16N2. The smallest absolute Gasteiger partial charge is 0.0335 e. The van der Waals surface area contributed by atoms with Crippen LogP contribution in [0.4, 0.5) is 5.69 Å². The van der Waals surface area contributed by atoms with Crippen LogP contribution < -0.4 is 11.5 Å². The average molecular weight is 212 g/mol. The van der Waals surface area contributed by atoms with Gasteiger partial charge in [0, 0.05) is 11.7 Å². The second-order valence-corrected chi connectivity index (χ2v) is 3.97. The highest BCUT2D eigenvalue weighted by atomic mass is 14.6. The lowest BCUT2D eigenvalue weighted by molar-refractivity contribution is 0.722. The van der Waals surface area contributed by atoms with Crippen LogP contribution in [0.25, 0.3) is 0 Å². The quantitative estimate of drug-likeness (QED) is 0.768. The second kappa shape index (κ2) is 4.81. The molecule has 0 saturated carbocycles. The van der Waals surface area contributed by atoms with Crippen LogP contribution in [0.15, 0.2) is 54.6 Å². The monoisotopic (exact) mass is 212 g/mol. The molecule has 0 aromatic heterocycles. The van der Waals surface area contributed by atoms with Crippen LogP contribution in [-0.2, 0) is 6.42 Å². The summed E-state index contributed by atoms with van der Waals surface area (Å²) in [7, 11) is 0. The van der Waals surface area contributed by atoms with Crippen molar-refractivity contribution < 1.29 is 0 Å². The van der Waals surface area contributed by atoms with Crippen molar-refractivity contribution in [3.8, 4) is 0 Å². The van der Waals surface area contributed by atoms with Crippen LogP contribution >= 0.6 is 0 Å². The molecule has 2 aromatic carbocycles. The molecule has 2 rings (SSSR count). The predicted octanol–water partition coefficient (Wildman–Crippen LogP) is 2.51. The molecule has 0 aliphatic rings. The van der Waals surface area contributed by atoms with E-state index in [4.69, 9.17) is 11.5 Å². The zero-order valence-electron chi connectivity index (χ0n) is 9.14. The minimum absolute atomic E-state index is 0.0306. The number of benzene rings is 2. The highest BCUT2D eigenvalue weighted by Gasteiger charge is 2.06. The molecule has 0 amide bonds. The SMILES string of the molecule is Nc1cccc(CC(N)c2ccccc2)c1. The van der Waals surface area contributed by atoms with Crippen molar-refractivity contribution in [1.29, 1.82) is 0 Å². The van der Waals surface area contributed by atoms with Crippen LogP contribution in [-0.4, -0.2) is 0 Å². The Kier molecular flexibility index (Phi) is 3.22. The summed E-state index contributed by atoms with van der Waals surface area (Å²) in [5.74, 6) is 0. The van der Waals surface area contributed by atoms with Crippen LogP contribution in [0.2, 0.25) is 0 Å². The first kappa shape index (κ1) is 10.7. The highest BCUT2D eigenvalue weighted by molar-refractivity contribution is 5.41. The fourth-order valence-corrected chi connectivity index (χ4v) is 1.79. The normalized spacial score (nSPS) is 12.3. The maximum Gasteiger partial charge on any atom is 0.0335 e. The van der Waals surface area contributed by atoms with Crippen molar-refractivity contribution in [2.75, 3.05) is 5.73 Å². The van der Waals surface area contributed by atoms with Gasteiger partial charge in [-0.05, 0) is 29.7 Å². The van der Waals surface area contributed by atoms with Gasteiger partial charge in [0.15, 0.2) is 0 Å². The Balaban J connectivity index is 2.11. The minimum Gasteiger partial charge on any atom is -0.399 e. The summed E-state index contributed by atoms with van der Waals surface area (Å²) in [4.78, 5) is 0. The van der Waals surface area contributed by atoms with Crippen LogP contribution in [0.1, 0.15) is 17.2 Å². The first-order valence-electron chi connectivity index (χ1n) is 5.40. The summed E-state index contributed by atoms with van der Waals surface area (Å²) in [6, 6.07) is 18.0. The van der Waals surface area contributed by atoms with E-state index in [-0.39, 0.29) is 6.04 Å². The van der Waals surface area contributed by atoms with Gasteiger partial charge in [-0.2, -0.15) is 0 Å². The fourth-order valence-electron chi connectivity index (χ4n) is 1.79. The summed E-state index contributed by atoms with van der Waals surface area (Å²) in [6.45, 7) is 0. The van der Waals surface area contributed by atoms with Crippen LogP contribution in [0.3, 0.4) is 0 Å². The predicted molar refractivity (Wildman–Crippen MR) is 67.9 cm³/mol. The third-order valence-electron chi connectivity index (χ3n) is 2.63. The van der Waals surface area contributed by atoms with Crippen molar-refractivity contribution in [3.63, 3.8) is 0 Å². The van der Waals surface area contributed by atoms with Gasteiger partial charge >= 0.3 is 0 Å². The van der Waals surface area contributed by atoms with Gasteiger partial charge in [-0.15, -0.1) is 0 Å². The molecule has 2 nitrogen and oxygen atoms in total. The molecule has 2 aromatic rings. The van der Waals surface area contributed by atoms with E-state index in [9.17, 15) is 0 Å². The molecule has 0 fully saturated rings. The van der Waals surface area contributed by atoms with Crippen LogP contribution in [0.5, 0.6) is 0 Å². The summed E-state index contributed by atoms with van der Waals surface area (Å²) in [5, 5.41) is 0. The summed E-state index contributed by atoms with van der Waals surface area (Å²) in [5.41, 5.74) is 15.0. The molecule has 0 saturated heterocycles. The Hall–Kier alpha value is -1.80. The highest BCUT2D eigenvalue weighted by Crippen LogP contribution is 2.17. The maximum atomic E-state index is 6.14. The molecule has 0 spiro atoms. The van der Waals surface area contributed by atoms with Crippen molar-refractivity contribution in [2.45, 2.75) is 12.5 Å². The summed E-state index contributed by atoms with van der Waals surface area (Å²) < 4.78 is 0. The Morgan fingerprint density at radius 1 is 0.938 bits per heavy atom. The lowest BCUT2D eigenvalue weighted by Gasteiger charge is -2.12. The summed E-state index contributed by atoms with van der Waals surface area (Å²) >= 11 is 0. The molecule has 1 unspecified atom stereocenters. The topological polar surface area (TPSA) is 52.0 Å². The van der Waals surface area contributed by atoms with Gasteiger partial charge in [-0.25, -0.2) is 0 Å². The van der Waals surface area contributed by atoms with Crippen molar-refractivity contribution in [2.24, 2.45) is 5.73 Å². The van der Waals surface area contributed by atoms with Crippen LogP contribution in [0, 0.1) is 0 Å². The number of hydrogen-bond acceptors (Lipinski definition) is 2. The molecule has 0 radical (unpaired) electrons. The molecule has 0 aliphatic carbocycles. The third-order valence-corrected chi connectivity index (χ3v) is 2.63. The number of nitrogen functional groups attached to an aromatic ring is 1. The van der Waals surface area contributed by atoms with Gasteiger partial charge in [-0.3, -0.25) is 0 Å². The number of rotatable bonds is 3. The Morgan fingerprint density at radius 2 is 1.69 bits per heavy atom. The van der Waals surface area contributed by atoms with E-state index >= 15 is 0 Å². The zero-order valence-corrected chi connectivity index (χ0v) is 9.14. The van der Waals surface area contributed by atoms with Crippen molar-refractivity contribution >= 4 is 5.69 Å². The lowest BCUT2D eigenvalue weighted by Crippen LogP contribution is -2.13. The van der Waals surface area contributed by atoms with E-state index < -0.39 is 0 Å². The van der Waals surface area contributed by atoms with Crippen molar-refractivity contribution in [3.05, 3.63) is 65.7 Å². The number of hydrogen-bond donors (Lipinski definition) is 2. The first-order chi connectivity index (χ1) is 7.75. The molecule has 82 valence electrons. The number of anilines is 1. The zero-order chi connectivity index (χ0) is 11.4. The molecule has 0 bridgehead atoms. The van der Waals surface area contributed by atoms with E-state index in [1.165, 1.54) is 5.56 Å². The Labute approximate surface area is 95.9 Å². The van der Waals surface area contributed by atoms with E-state index in [1.807, 2.05) is 36.4 Å². The first-order valence-corrected chi connectivity index (χ1v) is 5.40.